The van der Waals surface area contributed by atoms with Crippen LogP contribution in [-0.2, 0) is 9.47 Å². The zero-order valence-electron chi connectivity index (χ0n) is 14.0. The van der Waals surface area contributed by atoms with Crippen LogP contribution >= 0.6 is 0 Å². The predicted octanol–water partition coefficient (Wildman–Crippen LogP) is 3.45. The topological polar surface area (TPSA) is 30.9 Å². The number of ether oxygens (including phenoxy) is 3. The van der Waals surface area contributed by atoms with Crippen molar-refractivity contribution < 1.29 is 14.2 Å². The van der Waals surface area contributed by atoms with E-state index >= 15 is 0 Å². The fourth-order valence-electron chi connectivity index (χ4n) is 3.74. The summed E-state index contributed by atoms with van der Waals surface area (Å²) < 4.78 is 17.5. The summed E-state index contributed by atoms with van der Waals surface area (Å²) in [4.78, 5) is 2.47. The van der Waals surface area contributed by atoms with Crippen LogP contribution in [0.1, 0.15) is 19.3 Å². The molecule has 2 saturated heterocycles. The number of hydrogen-bond acceptors (Lipinski definition) is 4. The minimum absolute atomic E-state index is 0.0500. The molecule has 2 aliphatic rings. The maximum Gasteiger partial charge on any atom is 0.173 e. The summed E-state index contributed by atoms with van der Waals surface area (Å²) in [5.41, 5.74) is 0. The number of fused-ring (bicyclic) bond motifs is 1. The maximum atomic E-state index is 6.00. The molecule has 0 N–H and O–H groups in total. The molecule has 0 spiro atoms. The van der Waals surface area contributed by atoms with Crippen LogP contribution in [0.4, 0.5) is 0 Å². The van der Waals surface area contributed by atoms with Crippen molar-refractivity contribution in [3.63, 3.8) is 0 Å². The Morgan fingerprint density at radius 3 is 2.71 bits per heavy atom. The lowest BCUT2D eigenvalue weighted by molar-refractivity contribution is -0.110. The monoisotopic (exact) mass is 327 g/mol. The highest BCUT2D eigenvalue weighted by Gasteiger charge is 2.33. The first-order valence-electron chi connectivity index (χ1n) is 8.99. The van der Waals surface area contributed by atoms with Gasteiger partial charge in [-0.1, -0.05) is 36.8 Å². The molecule has 0 aromatic heterocycles. The fraction of sp³-hybridized carbons (Fsp3) is 0.500. The number of nitrogens with zero attached hydrogens (tertiary/aromatic N) is 1. The standard InChI is InChI=1S/C20H25NO3/c1-2-6-17-15-18(9-8-16(17)5-1)22-12-11-21-10-4-3-7-19(21)20-23-13-14-24-20/h1-2,5-6,8-9,15,19-20H,3-4,7,10-14H2. The van der Waals surface area contributed by atoms with E-state index in [1.807, 2.05) is 0 Å². The Kier molecular flexibility index (Phi) is 4.97. The van der Waals surface area contributed by atoms with E-state index in [9.17, 15) is 0 Å². The van der Waals surface area contributed by atoms with Gasteiger partial charge >= 0.3 is 0 Å². The first-order valence-corrected chi connectivity index (χ1v) is 8.99. The summed E-state index contributed by atoms with van der Waals surface area (Å²) in [6.45, 7) is 4.17. The van der Waals surface area contributed by atoms with Crippen LogP contribution in [0.2, 0.25) is 0 Å². The molecule has 2 aromatic rings. The van der Waals surface area contributed by atoms with Gasteiger partial charge in [-0.15, -0.1) is 0 Å². The number of likely N-dealkylation sites (tertiary alicyclic amines) is 1. The third-order valence-electron chi connectivity index (χ3n) is 4.99. The molecule has 0 amide bonds. The van der Waals surface area contributed by atoms with Crippen molar-refractivity contribution in [2.45, 2.75) is 31.6 Å². The zero-order chi connectivity index (χ0) is 16.2. The first kappa shape index (κ1) is 15.9. The van der Waals surface area contributed by atoms with Crippen molar-refractivity contribution in [2.75, 3.05) is 32.9 Å². The Morgan fingerprint density at radius 2 is 1.83 bits per heavy atom. The molecule has 4 heteroatoms. The van der Waals surface area contributed by atoms with Gasteiger partial charge in [0.15, 0.2) is 6.29 Å². The summed E-state index contributed by atoms with van der Waals surface area (Å²) in [6.07, 6.45) is 3.61. The highest BCUT2D eigenvalue weighted by atomic mass is 16.7. The molecule has 4 rings (SSSR count). The van der Waals surface area contributed by atoms with Crippen molar-refractivity contribution in [3.8, 4) is 5.75 Å². The van der Waals surface area contributed by atoms with Gasteiger partial charge in [-0.05, 0) is 42.3 Å². The highest BCUT2D eigenvalue weighted by molar-refractivity contribution is 5.83. The Balaban J connectivity index is 1.34. The summed E-state index contributed by atoms with van der Waals surface area (Å²) in [7, 11) is 0. The smallest absolute Gasteiger partial charge is 0.173 e. The number of rotatable bonds is 5. The van der Waals surface area contributed by atoms with Crippen molar-refractivity contribution in [1.29, 1.82) is 0 Å². The molecule has 1 unspecified atom stereocenters. The number of piperidine rings is 1. The quantitative estimate of drug-likeness (QED) is 0.842. The Hall–Kier alpha value is -1.62. The molecular weight excluding hydrogens is 302 g/mol. The summed E-state index contributed by atoms with van der Waals surface area (Å²) in [5.74, 6) is 0.940. The van der Waals surface area contributed by atoms with Crippen LogP contribution in [0, 0.1) is 0 Å². The molecule has 2 aromatic carbocycles. The predicted molar refractivity (Wildman–Crippen MR) is 94.3 cm³/mol. The zero-order valence-corrected chi connectivity index (χ0v) is 14.0. The molecular formula is C20H25NO3. The van der Waals surface area contributed by atoms with E-state index in [2.05, 4.69) is 47.4 Å². The molecule has 0 radical (unpaired) electrons. The van der Waals surface area contributed by atoms with Crippen LogP contribution < -0.4 is 4.74 Å². The van der Waals surface area contributed by atoms with E-state index in [0.29, 0.717) is 12.6 Å². The van der Waals surface area contributed by atoms with E-state index in [1.165, 1.54) is 23.6 Å². The van der Waals surface area contributed by atoms with E-state index in [4.69, 9.17) is 14.2 Å². The molecule has 128 valence electrons. The second-order valence-electron chi connectivity index (χ2n) is 6.57. The van der Waals surface area contributed by atoms with Crippen molar-refractivity contribution in [3.05, 3.63) is 42.5 Å². The van der Waals surface area contributed by atoms with Crippen LogP contribution in [0.15, 0.2) is 42.5 Å². The lowest BCUT2D eigenvalue weighted by Crippen LogP contribution is -2.48. The molecule has 0 saturated carbocycles. The minimum Gasteiger partial charge on any atom is -0.492 e. The van der Waals surface area contributed by atoms with Gasteiger partial charge in [0.25, 0.3) is 0 Å². The molecule has 2 heterocycles. The van der Waals surface area contributed by atoms with Crippen molar-refractivity contribution in [1.82, 2.24) is 4.90 Å². The van der Waals surface area contributed by atoms with Gasteiger partial charge in [-0.2, -0.15) is 0 Å². The highest BCUT2D eigenvalue weighted by Crippen LogP contribution is 2.25. The van der Waals surface area contributed by atoms with Crippen LogP contribution in [0.3, 0.4) is 0 Å². The number of hydrogen-bond donors (Lipinski definition) is 0. The van der Waals surface area contributed by atoms with Crippen LogP contribution in [0.25, 0.3) is 10.8 Å². The number of benzene rings is 2. The average Bonchev–Trinajstić information content (AvgIpc) is 3.16. The van der Waals surface area contributed by atoms with Crippen LogP contribution in [-0.4, -0.2) is 50.1 Å². The second kappa shape index (κ2) is 7.51. The van der Waals surface area contributed by atoms with Gasteiger partial charge < -0.3 is 14.2 Å². The largest absolute Gasteiger partial charge is 0.492 e. The molecule has 2 fully saturated rings. The van der Waals surface area contributed by atoms with E-state index < -0.39 is 0 Å². The van der Waals surface area contributed by atoms with E-state index in [0.717, 1.165) is 38.5 Å². The average molecular weight is 327 g/mol. The Labute approximate surface area is 143 Å². The van der Waals surface area contributed by atoms with Gasteiger partial charge in [0.2, 0.25) is 0 Å². The SMILES string of the molecule is c1ccc2cc(OCCN3CCCCC3C3OCCO3)ccc2c1. The van der Waals surface area contributed by atoms with E-state index in [1.54, 1.807) is 0 Å². The normalized spacial score (nSPS) is 22.9. The fourth-order valence-corrected chi connectivity index (χ4v) is 3.74. The third kappa shape index (κ3) is 3.56. The lowest BCUT2D eigenvalue weighted by Gasteiger charge is -2.37. The molecule has 4 nitrogen and oxygen atoms in total. The Morgan fingerprint density at radius 1 is 1.00 bits per heavy atom. The second-order valence-corrected chi connectivity index (χ2v) is 6.57. The summed E-state index contributed by atoms with van der Waals surface area (Å²) in [5, 5.41) is 2.47. The van der Waals surface area contributed by atoms with E-state index in [-0.39, 0.29) is 6.29 Å². The summed E-state index contributed by atoms with van der Waals surface area (Å²) in [6, 6.07) is 15.0. The minimum atomic E-state index is -0.0500. The summed E-state index contributed by atoms with van der Waals surface area (Å²) >= 11 is 0. The third-order valence-corrected chi connectivity index (χ3v) is 4.99. The van der Waals surface area contributed by atoms with Gasteiger partial charge in [0, 0.05) is 6.54 Å². The molecule has 0 aliphatic carbocycles. The van der Waals surface area contributed by atoms with Crippen molar-refractivity contribution in [2.24, 2.45) is 0 Å². The molecule has 0 bridgehead atoms. The first-order chi connectivity index (χ1) is 11.9. The maximum absolute atomic E-state index is 6.00. The Bertz CT molecular complexity index is 669. The lowest BCUT2D eigenvalue weighted by atomic mass is 10.0. The molecule has 1 atom stereocenters. The van der Waals surface area contributed by atoms with Gasteiger partial charge in [0.05, 0.1) is 19.3 Å². The van der Waals surface area contributed by atoms with Gasteiger partial charge in [0.1, 0.15) is 12.4 Å². The molecule has 24 heavy (non-hydrogen) atoms. The molecule has 2 aliphatic heterocycles. The van der Waals surface area contributed by atoms with Crippen LogP contribution in [0.5, 0.6) is 5.75 Å². The van der Waals surface area contributed by atoms with Crippen molar-refractivity contribution >= 4 is 10.8 Å². The van der Waals surface area contributed by atoms with Gasteiger partial charge in [-0.25, -0.2) is 0 Å². The van der Waals surface area contributed by atoms with Gasteiger partial charge in [-0.3, -0.25) is 4.90 Å².